The second-order valence-electron chi connectivity index (χ2n) is 7.95. The number of hydrogen-bond donors (Lipinski definition) is 2. The van der Waals surface area contributed by atoms with Gasteiger partial charge in [-0.05, 0) is 43.2 Å². The third kappa shape index (κ3) is 6.09. The number of aryl methyl sites for hydroxylation is 3. The van der Waals surface area contributed by atoms with Crippen LogP contribution in [0.2, 0.25) is 0 Å². The Labute approximate surface area is 202 Å². The van der Waals surface area contributed by atoms with E-state index in [1.165, 1.54) is 22.5 Å². The van der Waals surface area contributed by atoms with E-state index in [1.807, 2.05) is 17.5 Å². The first-order valence-corrected chi connectivity index (χ1v) is 13.3. The standard InChI is InChI=1S/C24H24N4O4S2/c1-15-4-5-18(12-16(15)2)21-13-25-23(32-21)11-10-22(29)27-24-26-20(14-33-24)17-6-8-19(9-7-17)28-34(3,30)31/h4-9,12-14,28H,10-11H2,1-3H3,(H,26,27,29). The molecule has 0 fully saturated rings. The molecule has 2 N–H and O–H groups in total. The molecule has 10 heteroatoms. The van der Waals surface area contributed by atoms with Crippen molar-refractivity contribution in [1.82, 2.24) is 9.97 Å². The van der Waals surface area contributed by atoms with Crippen molar-refractivity contribution in [2.45, 2.75) is 26.7 Å². The molecule has 0 unspecified atom stereocenters. The van der Waals surface area contributed by atoms with Gasteiger partial charge >= 0.3 is 0 Å². The van der Waals surface area contributed by atoms with Crippen molar-refractivity contribution in [3.63, 3.8) is 0 Å². The minimum absolute atomic E-state index is 0.181. The Hall–Kier alpha value is -3.50. The van der Waals surface area contributed by atoms with Gasteiger partial charge in [0.1, 0.15) is 0 Å². The lowest BCUT2D eigenvalue weighted by atomic mass is 10.1. The predicted molar refractivity (Wildman–Crippen MR) is 134 cm³/mol. The maximum atomic E-state index is 12.4. The number of anilines is 2. The number of hydrogen-bond acceptors (Lipinski definition) is 7. The van der Waals surface area contributed by atoms with Gasteiger partial charge in [-0.3, -0.25) is 9.52 Å². The first-order valence-electron chi connectivity index (χ1n) is 10.5. The summed E-state index contributed by atoms with van der Waals surface area (Å²) in [5, 5.41) is 5.12. The predicted octanol–water partition coefficient (Wildman–Crippen LogP) is 5.02. The number of nitrogens with zero attached hydrogens (tertiary/aromatic N) is 2. The Kier molecular flexibility index (Phi) is 6.80. The van der Waals surface area contributed by atoms with Crippen molar-refractivity contribution < 1.29 is 17.6 Å². The van der Waals surface area contributed by atoms with Crippen LogP contribution in [-0.2, 0) is 21.2 Å². The van der Waals surface area contributed by atoms with Crippen molar-refractivity contribution in [3.05, 3.63) is 71.1 Å². The van der Waals surface area contributed by atoms with Crippen LogP contribution < -0.4 is 10.0 Å². The molecule has 8 nitrogen and oxygen atoms in total. The average Bonchev–Trinajstić information content (AvgIpc) is 3.44. The van der Waals surface area contributed by atoms with Gasteiger partial charge in [0.25, 0.3) is 0 Å². The molecule has 0 bridgehead atoms. The summed E-state index contributed by atoms with van der Waals surface area (Å²) in [6.45, 7) is 4.11. The molecule has 2 heterocycles. The maximum Gasteiger partial charge on any atom is 0.229 e. The highest BCUT2D eigenvalue weighted by Gasteiger charge is 2.12. The normalized spacial score (nSPS) is 11.4. The highest BCUT2D eigenvalue weighted by atomic mass is 32.2. The fraction of sp³-hybridized carbons (Fsp3) is 0.208. The monoisotopic (exact) mass is 496 g/mol. The molecule has 2 aromatic heterocycles. The minimum atomic E-state index is -3.33. The third-order valence-corrected chi connectivity index (χ3v) is 6.51. The van der Waals surface area contributed by atoms with Gasteiger partial charge in [-0.1, -0.05) is 24.3 Å². The Morgan fingerprint density at radius 3 is 2.50 bits per heavy atom. The highest BCUT2D eigenvalue weighted by molar-refractivity contribution is 7.92. The Morgan fingerprint density at radius 1 is 1.06 bits per heavy atom. The smallest absolute Gasteiger partial charge is 0.229 e. The number of nitrogens with one attached hydrogen (secondary N) is 2. The molecule has 0 saturated carbocycles. The van der Waals surface area contributed by atoms with Crippen LogP contribution >= 0.6 is 11.3 Å². The third-order valence-electron chi connectivity index (χ3n) is 5.15. The van der Waals surface area contributed by atoms with E-state index >= 15 is 0 Å². The lowest BCUT2D eigenvalue weighted by Crippen LogP contribution is -2.12. The van der Waals surface area contributed by atoms with Crippen LogP contribution in [0, 0.1) is 13.8 Å². The van der Waals surface area contributed by atoms with Crippen molar-refractivity contribution in [1.29, 1.82) is 0 Å². The van der Waals surface area contributed by atoms with E-state index in [4.69, 9.17) is 4.42 Å². The lowest BCUT2D eigenvalue weighted by molar-refractivity contribution is -0.116. The van der Waals surface area contributed by atoms with Crippen molar-refractivity contribution in [2.24, 2.45) is 0 Å². The summed E-state index contributed by atoms with van der Waals surface area (Å²) in [6.07, 6.45) is 3.38. The second kappa shape index (κ2) is 9.78. The van der Waals surface area contributed by atoms with E-state index in [-0.39, 0.29) is 12.3 Å². The molecule has 0 spiro atoms. The van der Waals surface area contributed by atoms with Crippen molar-refractivity contribution >= 4 is 38.1 Å². The summed E-state index contributed by atoms with van der Waals surface area (Å²) < 4.78 is 30.9. The number of sulfonamides is 1. The number of thiazole rings is 1. The average molecular weight is 497 g/mol. The molecule has 0 atom stereocenters. The van der Waals surface area contributed by atoms with Gasteiger partial charge in [-0.15, -0.1) is 11.3 Å². The Bertz CT molecular complexity index is 1420. The molecular formula is C24H24N4O4S2. The largest absolute Gasteiger partial charge is 0.441 e. The van der Waals surface area contributed by atoms with Crippen LogP contribution in [0.3, 0.4) is 0 Å². The first kappa shape index (κ1) is 23.7. The zero-order valence-corrected chi connectivity index (χ0v) is 20.6. The van der Waals surface area contributed by atoms with E-state index in [0.717, 1.165) is 17.4 Å². The minimum Gasteiger partial charge on any atom is -0.441 e. The van der Waals surface area contributed by atoms with Gasteiger partial charge in [0.2, 0.25) is 15.9 Å². The zero-order valence-electron chi connectivity index (χ0n) is 19.0. The fourth-order valence-electron chi connectivity index (χ4n) is 3.24. The molecule has 34 heavy (non-hydrogen) atoms. The molecule has 1 amide bonds. The van der Waals surface area contributed by atoms with Gasteiger partial charge in [0, 0.05) is 35.0 Å². The van der Waals surface area contributed by atoms with Gasteiger partial charge < -0.3 is 9.73 Å². The van der Waals surface area contributed by atoms with E-state index in [0.29, 0.717) is 34.6 Å². The van der Waals surface area contributed by atoms with Gasteiger partial charge in [-0.2, -0.15) is 0 Å². The topological polar surface area (TPSA) is 114 Å². The molecule has 176 valence electrons. The summed E-state index contributed by atoms with van der Waals surface area (Å²) >= 11 is 1.32. The van der Waals surface area contributed by atoms with Crippen LogP contribution in [0.25, 0.3) is 22.6 Å². The molecule has 4 aromatic rings. The van der Waals surface area contributed by atoms with Crippen LogP contribution in [0.5, 0.6) is 0 Å². The quantitative estimate of drug-likeness (QED) is 0.354. The van der Waals surface area contributed by atoms with Gasteiger partial charge in [0.05, 0.1) is 18.1 Å². The number of carbonyl (C=O) groups excluding carboxylic acids is 1. The number of aromatic nitrogens is 2. The fourth-order valence-corrected chi connectivity index (χ4v) is 4.54. The van der Waals surface area contributed by atoms with E-state index in [9.17, 15) is 13.2 Å². The number of carbonyl (C=O) groups is 1. The van der Waals surface area contributed by atoms with Crippen LogP contribution in [-0.4, -0.2) is 30.5 Å². The summed E-state index contributed by atoms with van der Waals surface area (Å²) in [4.78, 5) is 21.1. The number of amides is 1. The summed E-state index contributed by atoms with van der Waals surface area (Å²) in [6, 6.07) is 13.0. The van der Waals surface area contributed by atoms with Crippen LogP contribution in [0.1, 0.15) is 23.4 Å². The molecule has 0 aliphatic heterocycles. The Balaban J connectivity index is 1.32. The SMILES string of the molecule is Cc1ccc(-c2cnc(CCC(=O)Nc3nc(-c4ccc(NS(C)(=O)=O)cc4)cs3)o2)cc1C. The first-order chi connectivity index (χ1) is 16.2. The molecule has 0 radical (unpaired) electrons. The van der Waals surface area contributed by atoms with E-state index in [1.54, 1.807) is 30.5 Å². The number of oxazole rings is 1. The van der Waals surface area contributed by atoms with Crippen LogP contribution in [0.4, 0.5) is 10.8 Å². The Morgan fingerprint density at radius 2 is 1.79 bits per heavy atom. The van der Waals surface area contributed by atoms with Crippen molar-refractivity contribution in [2.75, 3.05) is 16.3 Å². The molecular weight excluding hydrogens is 472 g/mol. The number of rotatable bonds is 8. The number of benzene rings is 2. The summed E-state index contributed by atoms with van der Waals surface area (Å²) in [7, 11) is -3.33. The molecule has 0 aliphatic rings. The van der Waals surface area contributed by atoms with Crippen molar-refractivity contribution in [3.8, 4) is 22.6 Å². The highest BCUT2D eigenvalue weighted by Crippen LogP contribution is 2.27. The van der Waals surface area contributed by atoms with E-state index in [2.05, 4.69) is 39.9 Å². The molecule has 4 rings (SSSR count). The summed E-state index contributed by atoms with van der Waals surface area (Å²) in [5.74, 6) is 1.01. The second-order valence-corrected chi connectivity index (χ2v) is 10.6. The maximum absolute atomic E-state index is 12.4. The molecule has 0 aliphatic carbocycles. The zero-order chi connectivity index (χ0) is 24.3. The molecule has 0 saturated heterocycles. The summed E-state index contributed by atoms with van der Waals surface area (Å²) in [5.41, 5.74) is 5.33. The van der Waals surface area contributed by atoms with Gasteiger partial charge in [-0.25, -0.2) is 18.4 Å². The van der Waals surface area contributed by atoms with Crippen LogP contribution in [0.15, 0.2) is 58.5 Å². The molecule has 2 aromatic carbocycles. The lowest BCUT2D eigenvalue weighted by Gasteiger charge is -2.04. The van der Waals surface area contributed by atoms with Gasteiger partial charge in [0.15, 0.2) is 16.8 Å². The van der Waals surface area contributed by atoms with E-state index < -0.39 is 10.0 Å².